The number of ether oxygens (including phenoxy) is 6. The molecule has 5 amide bonds. The van der Waals surface area contributed by atoms with Crippen molar-refractivity contribution >= 4 is 46.3 Å². The molecule has 0 spiro atoms. The van der Waals surface area contributed by atoms with Crippen molar-refractivity contribution in [2.45, 2.75) is 44.3 Å². The van der Waals surface area contributed by atoms with Gasteiger partial charge >= 0.3 is 0 Å². The van der Waals surface area contributed by atoms with Crippen LogP contribution >= 0.6 is 0 Å². The lowest BCUT2D eigenvalue weighted by molar-refractivity contribution is -0.136. The fraction of sp³-hybridized carbons (Fsp3) is 0.481. The van der Waals surface area contributed by atoms with Gasteiger partial charge in [0.15, 0.2) is 0 Å². The highest BCUT2D eigenvalue weighted by atomic mass is 19.1. The number of carbonyl (C=O) groups is 5. The third-order valence-corrected chi connectivity index (χ3v) is 13.8. The molecule has 0 bridgehead atoms. The molecular weight excluding hydrogens is 1000 g/mol. The second-order valence-electron chi connectivity index (χ2n) is 19.0. The van der Waals surface area contributed by atoms with Crippen LogP contribution in [0.1, 0.15) is 58.0 Å². The van der Waals surface area contributed by atoms with E-state index in [-0.39, 0.29) is 48.0 Å². The van der Waals surface area contributed by atoms with E-state index in [9.17, 15) is 24.0 Å². The summed E-state index contributed by atoms with van der Waals surface area (Å²) in [5.41, 5.74) is 4.60. The molecule has 2 aromatic heterocycles. The fourth-order valence-corrected chi connectivity index (χ4v) is 9.66. The lowest BCUT2D eigenvalue weighted by atomic mass is 10.0. The third kappa shape index (κ3) is 14.5. The Morgan fingerprint density at radius 1 is 0.714 bits per heavy atom. The first-order valence-corrected chi connectivity index (χ1v) is 26.2. The van der Waals surface area contributed by atoms with Crippen LogP contribution in [0.2, 0.25) is 0 Å². The highest BCUT2D eigenvalue weighted by molar-refractivity contribution is 6.23. The van der Waals surface area contributed by atoms with Crippen LogP contribution in [0.15, 0.2) is 67.1 Å². The minimum absolute atomic E-state index is 0.0418. The molecule has 1 atom stereocenters. The summed E-state index contributed by atoms with van der Waals surface area (Å²) in [4.78, 5) is 77.0. The van der Waals surface area contributed by atoms with Gasteiger partial charge in [-0.05, 0) is 61.2 Å². The van der Waals surface area contributed by atoms with Crippen LogP contribution in [-0.2, 0) is 49.3 Å². The number of likely N-dealkylation sites (tertiary alicyclic amines) is 1. The molecule has 5 aromatic rings. The standard InChI is InChI=1S/C54H64F2N10O11/c55-44-28-36(29-45(56)43(44)34-64-14-18-74-19-15-64)40-2-1-3-46-51(40)61-47(32-59-46)37-31-60-65(33-37)39-8-12-63(13-9-39)35-50(68)58-11-17-73-21-23-76-25-27-77-26-24-75-22-20-72-16-10-57-38-4-5-41-42(30-38)54(71)66(53(41)70)48-6-7-49(67)62-52(48)69/h1-5,28-33,39,48,57H,6-27,34-35H2,(H,58,68)(H,62,67,69). The number of morpholine rings is 1. The van der Waals surface area contributed by atoms with Crippen molar-refractivity contribution in [2.75, 3.05) is 130 Å². The van der Waals surface area contributed by atoms with Crippen LogP contribution in [0.5, 0.6) is 0 Å². The van der Waals surface area contributed by atoms with Crippen LogP contribution in [-0.4, -0.2) is 195 Å². The van der Waals surface area contributed by atoms with Gasteiger partial charge in [-0.1, -0.05) is 12.1 Å². The Morgan fingerprint density at radius 3 is 2.06 bits per heavy atom. The number of imide groups is 2. The van der Waals surface area contributed by atoms with E-state index < -0.39 is 41.3 Å². The number of rotatable bonds is 27. The number of benzene rings is 3. The van der Waals surface area contributed by atoms with E-state index in [4.69, 9.17) is 33.4 Å². The monoisotopic (exact) mass is 1070 g/mol. The van der Waals surface area contributed by atoms with Crippen molar-refractivity contribution in [3.8, 4) is 22.4 Å². The van der Waals surface area contributed by atoms with Crippen molar-refractivity contribution in [3.05, 3.63) is 95.4 Å². The normalized spacial score (nSPS) is 17.6. The van der Waals surface area contributed by atoms with E-state index in [0.717, 1.165) is 36.4 Å². The number of nitrogens with one attached hydrogen (secondary N) is 3. The maximum Gasteiger partial charge on any atom is 0.262 e. The van der Waals surface area contributed by atoms with Gasteiger partial charge in [0, 0.05) is 80.8 Å². The molecule has 3 fully saturated rings. The van der Waals surface area contributed by atoms with Crippen LogP contribution in [0.4, 0.5) is 14.5 Å². The second-order valence-corrected chi connectivity index (χ2v) is 19.0. The molecule has 4 aliphatic rings. The zero-order chi connectivity index (χ0) is 53.5. The molecule has 9 rings (SSSR count). The molecule has 77 heavy (non-hydrogen) atoms. The summed E-state index contributed by atoms with van der Waals surface area (Å²) in [5.74, 6) is -3.44. The Bertz CT molecular complexity index is 2850. The summed E-state index contributed by atoms with van der Waals surface area (Å²) in [6, 6.07) is 12.1. The Hall–Kier alpha value is -6.70. The number of halogens is 2. The second kappa shape index (κ2) is 27.1. The summed E-state index contributed by atoms with van der Waals surface area (Å²) in [7, 11) is 0. The number of nitrogens with zero attached hydrogens (tertiary/aromatic N) is 7. The predicted molar refractivity (Wildman–Crippen MR) is 276 cm³/mol. The van der Waals surface area contributed by atoms with Gasteiger partial charge in [0.25, 0.3) is 11.8 Å². The number of hydrogen-bond donors (Lipinski definition) is 3. The first kappa shape index (κ1) is 55.1. The number of para-hydroxylation sites is 1. The average molecular weight is 1070 g/mol. The average Bonchev–Trinajstić information content (AvgIpc) is 4.14. The Morgan fingerprint density at radius 2 is 1.38 bits per heavy atom. The molecular formula is C54H64F2N10O11. The zero-order valence-electron chi connectivity index (χ0n) is 42.9. The Kier molecular flexibility index (Phi) is 19.4. The van der Waals surface area contributed by atoms with E-state index in [2.05, 4.69) is 30.9 Å². The molecule has 1 unspecified atom stereocenters. The van der Waals surface area contributed by atoms with Gasteiger partial charge in [-0.3, -0.25) is 53.7 Å². The van der Waals surface area contributed by atoms with Gasteiger partial charge in [-0.2, -0.15) is 5.10 Å². The summed E-state index contributed by atoms with van der Waals surface area (Å²) in [5, 5.41) is 12.9. The molecule has 23 heteroatoms. The number of hydrogen-bond acceptors (Lipinski definition) is 17. The number of aromatic nitrogens is 4. The van der Waals surface area contributed by atoms with Gasteiger partial charge in [0.2, 0.25) is 17.7 Å². The Labute approximate surface area is 443 Å². The molecule has 410 valence electrons. The molecule has 4 aliphatic heterocycles. The molecule has 3 aromatic carbocycles. The largest absolute Gasteiger partial charge is 0.383 e. The summed E-state index contributed by atoms with van der Waals surface area (Å²) < 4.78 is 66.0. The topological polar surface area (TPSA) is 230 Å². The number of piperidine rings is 2. The van der Waals surface area contributed by atoms with Crippen molar-refractivity contribution in [1.29, 1.82) is 0 Å². The number of anilines is 1. The van der Waals surface area contributed by atoms with E-state index in [0.29, 0.717) is 146 Å². The molecule has 21 nitrogen and oxygen atoms in total. The molecule has 6 heterocycles. The van der Waals surface area contributed by atoms with Crippen molar-refractivity contribution < 1.29 is 61.2 Å². The molecule has 0 aliphatic carbocycles. The lowest BCUT2D eigenvalue weighted by Crippen LogP contribution is -2.54. The highest BCUT2D eigenvalue weighted by Crippen LogP contribution is 2.33. The van der Waals surface area contributed by atoms with Crippen LogP contribution in [0.3, 0.4) is 0 Å². The smallest absolute Gasteiger partial charge is 0.262 e. The molecule has 0 saturated carbocycles. The number of amides is 5. The van der Waals surface area contributed by atoms with Crippen LogP contribution in [0.25, 0.3) is 33.4 Å². The van der Waals surface area contributed by atoms with Crippen LogP contribution < -0.4 is 16.0 Å². The molecule has 0 radical (unpaired) electrons. The van der Waals surface area contributed by atoms with Crippen molar-refractivity contribution in [2.24, 2.45) is 0 Å². The van der Waals surface area contributed by atoms with Gasteiger partial charge in [-0.15, -0.1) is 0 Å². The van der Waals surface area contributed by atoms with Gasteiger partial charge in [0.1, 0.15) is 17.7 Å². The van der Waals surface area contributed by atoms with Crippen molar-refractivity contribution in [1.82, 2.24) is 45.1 Å². The van der Waals surface area contributed by atoms with Gasteiger partial charge < -0.3 is 39.1 Å². The van der Waals surface area contributed by atoms with Crippen molar-refractivity contribution in [3.63, 3.8) is 0 Å². The summed E-state index contributed by atoms with van der Waals surface area (Å²) >= 11 is 0. The number of carbonyl (C=O) groups excluding carboxylic acids is 5. The van der Waals surface area contributed by atoms with E-state index in [1.165, 1.54) is 12.1 Å². The highest BCUT2D eigenvalue weighted by Gasteiger charge is 2.44. The Balaban J connectivity index is 0.571. The maximum atomic E-state index is 15.4. The predicted octanol–water partition coefficient (Wildman–Crippen LogP) is 3.62. The van der Waals surface area contributed by atoms with Gasteiger partial charge in [0.05, 0.1) is 132 Å². The van der Waals surface area contributed by atoms with E-state index in [1.54, 1.807) is 42.7 Å². The fourth-order valence-electron chi connectivity index (χ4n) is 9.66. The number of fused-ring (bicyclic) bond motifs is 2. The lowest BCUT2D eigenvalue weighted by Gasteiger charge is -2.31. The molecule has 3 saturated heterocycles. The summed E-state index contributed by atoms with van der Waals surface area (Å²) in [6.45, 7) is 9.03. The van der Waals surface area contributed by atoms with Gasteiger partial charge in [-0.25, -0.2) is 13.8 Å². The third-order valence-electron chi connectivity index (χ3n) is 13.8. The molecule has 3 N–H and O–H groups in total. The van der Waals surface area contributed by atoms with Crippen LogP contribution in [0, 0.1) is 11.6 Å². The maximum absolute atomic E-state index is 15.4. The first-order chi connectivity index (χ1) is 37.6. The zero-order valence-corrected chi connectivity index (χ0v) is 42.9. The quantitative estimate of drug-likeness (QED) is 0.0504. The minimum atomic E-state index is -1.01. The van der Waals surface area contributed by atoms with E-state index in [1.807, 2.05) is 21.8 Å². The first-order valence-electron chi connectivity index (χ1n) is 26.2. The van der Waals surface area contributed by atoms with E-state index >= 15 is 8.78 Å². The minimum Gasteiger partial charge on any atom is -0.383 e. The SMILES string of the molecule is O=C(CN1CCC(n2cc(-c3cnc4cccc(-c5cc(F)c(CN6CCOCC6)c(F)c5)c4n3)cn2)CC1)NCCOCCOCCOCCOCCOCCNc1ccc2c(c1)C(=O)N(C1CCC(=O)NC1=O)C2=O. The summed E-state index contributed by atoms with van der Waals surface area (Å²) in [6.07, 6.45) is 7.19.